The molecule has 1 fully saturated rings. The van der Waals surface area contributed by atoms with Crippen LogP contribution in [0, 0.1) is 5.92 Å². The van der Waals surface area contributed by atoms with Gasteiger partial charge in [-0.15, -0.1) is 30.6 Å². The molecule has 0 saturated carbocycles. The van der Waals surface area contributed by atoms with Crippen LogP contribution in [0.4, 0.5) is 13.2 Å². The summed E-state index contributed by atoms with van der Waals surface area (Å²) in [6.45, 7) is 4.70. The summed E-state index contributed by atoms with van der Waals surface area (Å²) in [5.41, 5.74) is -5.23. The Balaban J connectivity index is 0.00000625. The topological polar surface area (TPSA) is 73.8 Å². The summed E-state index contributed by atoms with van der Waals surface area (Å²) in [5.74, 6) is 2.52. The molecule has 1 aliphatic rings. The van der Waals surface area contributed by atoms with Gasteiger partial charge in [-0.2, -0.15) is 29.2 Å². The first-order valence-corrected chi connectivity index (χ1v) is 10.5. The predicted molar refractivity (Wildman–Crippen MR) is 112 cm³/mol. The van der Waals surface area contributed by atoms with Gasteiger partial charge in [0.1, 0.15) is 0 Å². The van der Waals surface area contributed by atoms with Gasteiger partial charge in [-0.05, 0) is 18.8 Å². The Morgan fingerprint density at radius 3 is 2.46 bits per heavy atom. The fraction of sp³-hybridized carbons (Fsp3) is 0.786. The molecule has 0 aliphatic carbocycles. The zero-order chi connectivity index (χ0) is 18.9. The van der Waals surface area contributed by atoms with Crippen LogP contribution in [0.25, 0.3) is 0 Å². The number of thioether (sulfide) groups is 1. The molecule has 0 aromatic carbocycles. The quantitative estimate of drug-likeness (QED) is 0.166. The number of aliphatic imine (C=N–C) groups is 1. The van der Waals surface area contributed by atoms with Crippen molar-refractivity contribution in [2.75, 3.05) is 44.7 Å². The second kappa shape index (κ2) is 12.3. The minimum Gasteiger partial charge on any atom is -0.356 e. The maximum Gasteiger partial charge on any atom is 0.511 e. The van der Waals surface area contributed by atoms with E-state index < -0.39 is 15.5 Å². The Morgan fingerprint density at radius 2 is 1.96 bits per heavy atom. The molecule has 0 bridgehead atoms. The molecule has 6 nitrogen and oxygen atoms in total. The minimum absolute atomic E-state index is 0. The molecule has 12 heteroatoms. The van der Waals surface area contributed by atoms with Crippen LogP contribution in [-0.2, 0) is 10.0 Å². The highest BCUT2D eigenvalue weighted by Crippen LogP contribution is 2.30. The normalized spacial score (nSPS) is 17.5. The first-order chi connectivity index (χ1) is 11.7. The lowest BCUT2D eigenvalue weighted by atomic mass is 9.98. The van der Waals surface area contributed by atoms with Crippen LogP contribution in [0.1, 0.15) is 12.8 Å². The van der Waals surface area contributed by atoms with Gasteiger partial charge in [-0.3, -0.25) is 4.99 Å². The van der Waals surface area contributed by atoms with E-state index in [9.17, 15) is 21.6 Å². The second-order valence-electron chi connectivity index (χ2n) is 5.54. The number of alkyl halides is 3. The summed E-state index contributed by atoms with van der Waals surface area (Å²) in [6, 6.07) is 0. The molecule has 2 N–H and O–H groups in total. The molecule has 26 heavy (non-hydrogen) atoms. The van der Waals surface area contributed by atoms with Crippen LogP contribution in [0.5, 0.6) is 0 Å². The van der Waals surface area contributed by atoms with Crippen molar-refractivity contribution in [1.82, 2.24) is 14.9 Å². The number of halogens is 4. The molecule has 0 spiro atoms. The van der Waals surface area contributed by atoms with Crippen LogP contribution < -0.4 is 10.6 Å². The summed E-state index contributed by atoms with van der Waals surface area (Å²) in [6.07, 6.45) is 2.60. The Morgan fingerprint density at radius 1 is 1.35 bits per heavy atom. The zero-order valence-corrected chi connectivity index (χ0v) is 18.6. The van der Waals surface area contributed by atoms with E-state index in [0.717, 1.165) is 18.1 Å². The summed E-state index contributed by atoms with van der Waals surface area (Å²) >= 11 is 1.74. The lowest BCUT2D eigenvalue weighted by molar-refractivity contribution is -0.0496. The smallest absolute Gasteiger partial charge is 0.356 e. The SMILES string of the molecule is C=CCSCCNC(=NC)NCC1CCN(S(=O)(=O)C(F)(F)F)CC1.I. The van der Waals surface area contributed by atoms with Gasteiger partial charge in [0, 0.05) is 44.7 Å². The molecule has 1 saturated heterocycles. The Hall–Kier alpha value is -0.210. The fourth-order valence-corrected chi connectivity index (χ4v) is 3.93. The molecule has 154 valence electrons. The molecule has 0 aromatic heterocycles. The maximum absolute atomic E-state index is 12.5. The average Bonchev–Trinajstić information content (AvgIpc) is 2.56. The van der Waals surface area contributed by atoms with E-state index in [1.165, 1.54) is 0 Å². The number of piperidine rings is 1. The molecule has 1 heterocycles. The van der Waals surface area contributed by atoms with Gasteiger partial charge in [0.15, 0.2) is 5.96 Å². The highest BCUT2D eigenvalue weighted by Gasteiger charge is 2.50. The van der Waals surface area contributed by atoms with Gasteiger partial charge < -0.3 is 10.6 Å². The summed E-state index contributed by atoms with van der Waals surface area (Å²) < 4.78 is 60.9. The molecule has 1 aliphatic heterocycles. The van der Waals surface area contributed by atoms with Crippen LogP contribution in [0.3, 0.4) is 0 Å². The molecular weight excluding hydrogens is 504 g/mol. The Kier molecular flexibility index (Phi) is 12.2. The Bertz CT molecular complexity index is 551. The third-order valence-electron chi connectivity index (χ3n) is 3.76. The zero-order valence-electron chi connectivity index (χ0n) is 14.6. The van der Waals surface area contributed by atoms with E-state index in [1.54, 1.807) is 18.8 Å². The monoisotopic (exact) mass is 530 g/mol. The lowest BCUT2D eigenvalue weighted by Crippen LogP contribution is -2.47. The van der Waals surface area contributed by atoms with Gasteiger partial charge in [0.2, 0.25) is 0 Å². The van der Waals surface area contributed by atoms with E-state index in [-0.39, 0.29) is 43.0 Å². The average molecular weight is 530 g/mol. The second-order valence-corrected chi connectivity index (χ2v) is 8.62. The summed E-state index contributed by atoms with van der Waals surface area (Å²) in [4.78, 5) is 4.09. The van der Waals surface area contributed by atoms with E-state index in [2.05, 4.69) is 22.2 Å². The van der Waals surface area contributed by atoms with E-state index in [4.69, 9.17) is 0 Å². The number of hydrogen-bond acceptors (Lipinski definition) is 4. The van der Waals surface area contributed by atoms with E-state index in [1.807, 2.05) is 6.08 Å². The molecule has 0 atom stereocenters. The number of nitrogens with one attached hydrogen (secondary N) is 2. The van der Waals surface area contributed by atoms with Crippen molar-refractivity contribution in [1.29, 1.82) is 0 Å². The van der Waals surface area contributed by atoms with E-state index in [0.29, 0.717) is 29.7 Å². The van der Waals surface area contributed by atoms with Crippen LogP contribution >= 0.6 is 35.7 Å². The van der Waals surface area contributed by atoms with Gasteiger partial charge in [0.05, 0.1) is 0 Å². The highest BCUT2D eigenvalue weighted by molar-refractivity contribution is 14.0. The van der Waals surface area contributed by atoms with Crippen LogP contribution in [0.2, 0.25) is 0 Å². The number of rotatable bonds is 8. The predicted octanol–water partition coefficient (Wildman–Crippen LogP) is 2.25. The lowest BCUT2D eigenvalue weighted by Gasteiger charge is -2.31. The molecular formula is C14H26F3IN4O2S2. The number of guanidine groups is 1. The largest absolute Gasteiger partial charge is 0.511 e. The van der Waals surface area contributed by atoms with Crippen molar-refractivity contribution in [2.45, 2.75) is 18.3 Å². The van der Waals surface area contributed by atoms with Gasteiger partial charge >= 0.3 is 15.5 Å². The Labute approximate surface area is 174 Å². The molecule has 0 aromatic rings. The third kappa shape index (κ3) is 8.21. The highest BCUT2D eigenvalue weighted by atomic mass is 127. The standard InChI is InChI=1S/C14H25F3N4O2S2.HI/c1-3-9-24-10-6-19-13(18-2)20-11-12-4-7-21(8-5-12)25(22,23)14(15,16)17;/h3,12H,1,4-11H2,2H3,(H2,18,19,20);1H. The molecule has 1 rings (SSSR count). The summed E-state index contributed by atoms with van der Waals surface area (Å²) in [5, 5.41) is 6.28. The van der Waals surface area contributed by atoms with Gasteiger partial charge in [-0.1, -0.05) is 6.08 Å². The number of sulfonamides is 1. The van der Waals surface area contributed by atoms with Crippen molar-refractivity contribution in [3.63, 3.8) is 0 Å². The molecule has 0 unspecified atom stereocenters. The molecule has 0 radical (unpaired) electrons. The fourth-order valence-electron chi connectivity index (χ4n) is 2.37. The van der Waals surface area contributed by atoms with Crippen molar-refractivity contribution in [3.8, 4) is 0 Å². The molecule has 0 amide bonds. The van der Waals surface area contributed by atoms with Crippen molar-refractivity contribution in [2.24, 2.45) is 10.9 Å². The third-order valence-corrected chi connectivity index (χ3v) is 6.36. The number of nitrogens with zero attached hydrogens (tertiary/aromatic N) is 2. The van der Waals surface area contributed by atoms with Crippen LogP contribution in [0.15, 0.2) is 17.6 Å². The van der Waals surface area contributed by atoms with Crippen molar-refractivity contribution in [3.05, 3.63) is 12.7 Å². The van der Waals surface area contributed by atoms with E-state index >= 15 is 0 Å². The summed E-state index contributed by atoms with van der Waals surface area (Å²) in [7, 11) is -3.57. The van der Waals surface area contributed by atoms with Crippen molar-refractivity contribution < 1.29 is 21.6 Å². The first kappa shape index (κ1) is 25.8. The minimum atomic E-state index is -5.23. The first-order valence-electron chi connectivity index (χ1n) is 7.92. The maximum atomic E-state index is 12.5. The van der Waals surface area contributed by atoms with Crippen LogP contribution in [-0.4, -0.2) is 68.9 Å². The van der Waals surface area contributed by atoms with Gasteiger partial charge in [0.25, 0.3) is 0 Å². The van der Waals surface area contributed by atoms with Crippen molar-refractivity contribution >= 4 is 51.7 Å². The number of hydrogen-bond donors (Lipinski definition) is 2. The van der Waals surface area contributed by atoms with Gasteiger partial charge in [-0.25, -0.2) is 8.42 Å².